The van der Waals surface area contributed by atoms with Gasteiger partial charge < -0.3 is 4.74 Å². The van der Waals surface area contributed by atoms with Gasteiger partial charge in [-0.3, -0.25) is 0 Å². The second-order valence-corrected chi connectivity index (χ2v) is 5.00. The van der Waals surface area contributed by atoms with E-state index < -0.39 is 0 Å². The maximum Gasteiger partial charge on any atom is 0.238 e. The Kier molecular flexibility index (Phi) is 3.65. The summed E-state index contributed by atoms with van der Waals surface area (Å²) in [4.78, 5) is 0. The molecule has 0 N–H and O–H groups in total. The molecule has 1 heterocycles. The molecule has 0 fully saturated rings. The first-order valence-electron chi connectivity index (χ1n) is 6.53. The number of fused-ring (bicyclic) bond motifs is 1. The SMILES string of the molecule is ClCc1ccc(Oc2ccc3c(c2)CCCC3)nn1. The monoisotopic (exact) mass is 274 g/mol. The van der Waals surface area contributed by atoms with Crippen LogP contribution in [-0.2, 0) is 18.7 Å². The van der Waals surface area contributed by atoms with Crippen LogP contribution < -0.4 is 4.74 Å². The lowest BCUT2D eigenvalue weighted by Gasteiger charge is -2.16. The number of nitrogens with zero attached hydrogens (tertiary/aromatic N) is 2. The molecular weight excluding hydrogens is 260 g/mol. The number of aromatic nitrogens is 2. The fourth-order valence-electron chi connectivity index (χ4n) is 2.37. The van der Waals surface area contributed by atoms with Crippen molar-refractivity contribution in [3.8, 4) is 11.6 Å². The van der Waals surface area contributed by atoms with Crippen LogP contribution in [0.5, 0.6) is 11.6 Å². The third-order valence-electron chi connectivity index (χ3n) is 3.37. The van der Waals surface area contributed by atoms with Gasteiger partial charge in [-0.15, -0.1) is 16.7 Å². The van der Waals surface area contributed by atoms with Crippen molar-refractivity contribution < 1.29 is 4.74 Å². The van der Waals surface area contributed by atoms with Crippen molar-refractivity contribution in [2.45, 2.75) is 31.6 Å². The highest BCUT2D eigenvalue weighted by Crippen LogP contribution is 2.27. The standard InChI is InChI=1S/C15H15ClN2O/c16-10-13-6-8-15(18-17-13)19-14-7-5-11-3-1-2-4-12(11)9-14/h5-9H,1-4,10H2. The van der Waals surface area contributed by atoms with Gasteiger partial charge in [0, 0.05) is 6.07 Å². The van der Waals surface area contributed by atoms with E-state index in [-0.39, 0.29) is 0 Å². The normalized spacial score (nSPS) is 13.9. The minimum absolute atomic E-state index is 0.367. The van der Waals surface area contributed by atoms with Crippen LogP contribution in [0.1, 0.15) is 29.7 Å². The first-order valence-corrected chi connectivity index (χ1v) is 7.07. The molecule has 0 saturated carbocycles. The maximum atomic E-state index is 5.73. The van der Waals surface area contributed by atoms with Crippen LogP contribution in [0.2, 0.25) is 0 Å². The average molecular weight is 275 g/mol. The van der Waals surface area contributed by atoms with Crippen molar-refractivity contribution in [1.29, 1.82) is 0 Å². The Balaban J connectivity index is 1.78. The number of benzene rings is 1. The predicted octanol–water partition coefficient (Wildman–Crippen LogP) is 3.89. The van der Waals surface area contributed by atoms with Gasteiger partial charge in [-0.25, -0.2) is 0 Å². The number of rotatable bonds is 3. The topological polar surface area (TPSA) is 35.0 Å². The Labute approximate surface area is 117 Å². The van der Waals surface area contributed by atoms with Gasteiger partial charge in [-0.05, 0) is 55.0 Å². The minimum atomic E-state index is 0.367. The van der Waals surface area contributed by atoms with E-state index in [9.17, 15) is 0 Å². The fraction of sp³-hybridized carbons (Fsp3) is 0.333. The number of halogens is 1. The average Bonchev–Trinajstić information content (AvgIpc) is 2.48. The van der Waals surface area contributed by atoms with Crippen molar-refractivity contribution in [3.63, 3.8) is 0 Å². The molecule has 0 atom stereocenters. The predicted molar refractivity (Wildman–Crippen MR) is 74.7 cm³/mol. The second kappa shape index (κ2) is 5.57. The van der Waals surface area contributed by atoms with E-state index >= 15 is 0 Å². The smallest absolute Gasteiger partial charge is 0.238 e. The third-order valence-corrected chi connectivity index (χ3v) is 3.65. The summed E-state index contributed by atoms with van der Waals surface area (Å²) in [6.45, 7) is 0. The lowest BCUT2D eigenvalue weighted by molar-refractivity contribution is 0.453. The van der Waals surface area contributed by atoms with Gasteiger partial charge in [0.05, 0.1) is 11.6 Å². The van der Waals surface area contributed by atoms with E-state index in [1.807, 2.05) is 12.1 Å². The zero-order valence-corrected chi connectivity index (χ0v) is 11.4. The first kappa shape index (κ1) is 12.4. The zero-order valence-electron chi connectivity index (χ0n) is 10.6. The molecule has 4 heteroatoms. The number of hydrogen-bond acceptors (Lipinski definition) is 3. The molecule has 0 amide bonds. The molecule has 0 bridgehead atoms. The molecule has 0 saturated heterocycles. The van der Waals surface area contributed by atoms with Crippen molar-refractivity contribution in [1.82, 2.24) is 10.2 Å². The molecule has 1 aliphatic carbocycles. The summed E-state index contributed by atoms with van der Waals surface area (Å²) in [5.74, 6) is 1.70. The van der Waals surface area contributed by atoms with Crippen LogP contribution in [0.4, 0.5) is 0 Å². The fourth-order valence-corrected chi connectivity index (χ4v) is 2.51. The Hall–Kier alpha value is -1.61. The number of hydrogen-bond donors (Lipinski definition) is 0. The van der Waals surface area contributed by atoms with Crippen molar-refractivity contribution in [2.24, 2.45) is 0 Å². The van der Waals surface area contributed by atoms with Crippen LogP contribution in [0.15, 0.2) is 30.3 Å². The van der Waals surface area contributed by atoms with Gasteiger partial charge in [-0.2, -0.15) is 5.10 Å². The van der Waals surface area contributed by atoms with Gasteiger partial charge in [0.15, 0.2) is 0 Å². The minimum Gasteiger partial charge on any atom is -0.438 e. The number of aryl methyl sites for hydroxylation is 2. The van der Waals surface area contributed by atoms with E-state index in [2.05, 4.69) is 22.3 Å². The molecule has 3 rings (SSSR count). The largest absolute Gasteiger partial charge is 0.438 e. The van der Waals surface area contributed by atoms with Gasteiger partial charge in [-0.1, -0.05) is 6.07 Å². The van der Waals surface area contributed by atoms with Gasteiger partial charge >= 0.3 is 0 Å². The summed E-state index contributed by atoms with van der Waals surface area (Å²) in [6, 6.07) is 9.90. The molecule has 1 aromatic heterocycles. The third kappa shape index (κ3) is 2.87. The summed E-state index contributed by atoms with van der Waals surface area (Å²) < 4.78 is 5.73. The van der Waals surface area contributed by atoms with Crippen LogP contribution in [-0.4, -0.2) is 10.2 Å². The van der Waals surface area contributed by atoms with E-state index in [1.54, 1.807) is 6.07 Å². The van der Waals surface area contributed by atoms with Crippen molar-refractivity contribution in [3.05, 3.63) is 47.2 Å². The Morgan fingerprint density at radius 3 is 2.58 bits per heavy atom. The lowest BCUT2D eigenvalue weighted by atomic mass is 9.92. The van der Waals surface area contributed by atoms with Gasteiger partial charge in [0.2, 0.25) is 5.88 Å². The summed E-state index contributed by atoms with van der Waals surface area (Å²) in [6.07, 6.45) is 4.88. The molecular formula is C15H15ClN2O. The highest BCUT2D eigenvalue weighted by Gasteiger charge is 2.10. The number of alkyl halides is 1. The van der Waals surface area contributed by atoms with E-state index in [0.717, 1.165) is 17.9 Å². The van der Waals surface area contributed by atoms with Crippen LogP contribution in [0.3, 0.4) is 0 Å². The first-order chi connectivity index (χ1) is 9.35. The van der Waals surface area contributed by atoms with Crippen LogP contribution in [0.25, 0.3) is 0 Å². The maximum absolute atomic E-state index is 5.73. The highest BCUT2D eigenvalue weighted by atomic mass is 35.5. The summed E-state index contributed by atoms with van der Waals surface area (Å²) in [5, 5.41) is 7.97. The quantitative estimate of drug-likeness (QED) is 0.797. The molecule has 1 aromatic carbocycles. The van der Waals surface area contributed by atoms with Crippen LogP contribution >= 0.6 is 11.6 Å². The summed E-state index contributed by atoms with van der Waals surface area (Å²) in [5.41, 5.74) is 3.59. The number of ether oxygens (including phenoxy) is 1. The zero-order chi connectivity index (χ0) is 13.1. The molecule has 0 radical (unpaired) electrons. The molecule has 1 aliphatic rings. The highest BCUT2D eigenvalue weighted by molar-refractivity contribution is 6.16. The van der Waals surface area contributed by atoms with E-state index in [0.29, 0.717) is 11.8 Å². The molecule has 0 spiro atoms. The summed E-state index contributed by atoms with van der Waals surface area (Å²) in [7, 11) is 0. The second-order valence-electron chi connectivity index (χ2n) is 4.74. The van der Waals surface area contributed by atoms with Crippen molar-refractivity contribution in [2.75, 3.05) is 0 Å². The molecule has 19 heavy (non-hydrogen) atoms. The lowest BCUT2D eigenvalue weighted by Crippen LogP contribution is -2.02. The van der Waals surface area contributed by atoms with Crippen molar-refractivity contribution >= 4 is 11.6 Å². The Morgan fingerprint density at radius 2 is 1.84 bits per heavy atom. The molecule has 0 aliphatic heterocycles. The molecule has 3 nitrogen and oxygen atoms in total. The van der Waals surface area contributed by atoms with Crippen LogP contribution in [0, 0.1) is 0 Å². The van der Waals surface area contributed by atoms with Gasteiger partial charge in [0.1, 0.15) is 5.75 Å². The Morgan fingerprint density at radius 1 is 1.00 bits per heavy atom. The van der Waals surface area contributed by atoms with Gasteiger partial charge in [0.25, 0.3) is 0 Å². The molecule has 2 aromatic rings. The van der Waals surface area contributed by atoms with E-state index in [1.165, 1.54) is 30.4 Å². The summed E-state index contributed by atoms with van der Waals surface area (Å²) >= 11 is 5.68. The van der Waals surface area contributed by atoms with E-state index in [4.69, 9.17) is 16.3 Å². The Bertz CT molecular complexity index is 569. The molecule has 98 valence electrons. The molecule has 0 unspecified atom stereocenters.